The molecule has 0 aliphatic carbocycles. The molecule has 2 aromatic carbocycles. The van der Waals surface area contributed by atoms with Crippen molar-refractivity contribution in [1.82, 2.24) is 4.98 Å². The van der Waals surface area contributed by atoms with Crippen molar-refractivity contribution in [3.63, 3.8) is 0 Å². The Morgan fingerprint density at radius 2 is 1.88 bits per heavy atom. The first-order valence-electron chi connectivity index (χ1n) is 8.50. The maximum absolute atomic E-state index is 13.0. The Kier molecular flexibility index (Phi) is 5.63. The maximum Gasteiger partial charge on any atom is 0.226 e. The fourth-order valence-electron chi connectivity index (χ4n) is 2.45. The lowest BCUT2D eigenvalue weighted by molar-refractivity contribution is 0.572. The van der Waals surface area contributed by atoms with Gasteiger partial charge in [0.05, 0.1) is 5.69 Å². The largest absolute Gasteiger partial charge is 0.444 e. The van der Waals surface area contributed by atoms with Gasteiger partial charge in [0.25, 0.3) is 0 Å². The van der Waals surface area contributed by atoms with Crippen molar-refractivity contribution in [2.45, 2.75) is 19.8 Å². The van der Waals surface area contributed by atoms with E-state index in [0.717, 1.165) is 23.4 Å². The third-order valence-electron chi connectivity index (χ3n) is 3.93. The molecule has 0 spiro atoms. The Morgan fingerprint density at radius 3 is 2.58 bits per heavy atom. The van der Waals surface area contributed by atoms with Crippen LogP contribution in [0.2, 0.25) is 0 Å². The summed E-state index contributed by atoms with van der Waals surface area (Å²) in [6.07, 6.45) is 3.19. The summed E-state index contributed by atoms with van der Waals surface area (Å²) in [5.41, 5.74) is 9.59. The number of aliphatic imine (C=N–C) groups is 1. The first-order chi connectivity index (χ1) is 12.6. The highest BCUT2D eigenvalue weighted by Crippen LogP contribution is 2.19. The van der Waals surface area contributed by atoms with Crippen LogP contribution in [0.3, 0.4) is 0 Å². The number of nitrogens with one attached hydrogen (secondary N) is 1. The Morgan fingerprint density at radius 1 is 1.15 bits per heavy atom. The van der Waals surface area contributed by atoms with Crippen LogP contribution in [0.1, 0.15) is 18.2 Å². The predicted molar refractivity (Wildman–Crippen MR) is 102 cm³/mol. The van der Waals surface area contributed by atoms with E-state index >= 15 is 0 Å². The van der Waals surface area contributed by atoms with Crippen molar-refractivity contribution < 1.29 is 8.81 Å². The van der Waals surface area contributed by atoms with Gasteiger partial charge >= 0.3 is 0 Å². The average molecular weight is 352 g/mol. The Balaban J connectivity index is 1.53. The summed E-state index contributed by atoms with van der Waals surface area (Å²) in [5.74, 6) is 0.532. The highest BCUT2D eigenvalue weighted by Gasteiger charge is 2.06. The van der Waals surface area contributed by atoms with Crippen molar-refractivity contribution in [3.8, 4) is 11.5 Å². The molecule has 3 rings (SSSR count). The van der Waals surface area contributed by atoms with E-state index in [4.69, 9.17) is 10.2 Å². The number of aromatic nitrogens is 1. The van der Waals surface area contributed by atoms with E-state index < -0.39 is 0 Å². The lowest BCUT2D eigenvalue weighted by Gasteiger charge is -2.06. The highest BCUT2D eigenvalue weighted by molar-refractivity contribution is 5.92. The van der Waals surface area contributed by atoms with Gasteiger partial charge in [0, 0.05) is 24.2 Å². The van der Waals surface area contributed by atoms with Crippen LogP contribution in [0.5, 0.6) is 0 Å². The minimum absolute atomic E-state index is 0.290. The summed E-state index contributed by atoms with van der Waals surface area (Å²) in [7, 11) is 0. The van der Waals surface area contributed by atoms with Crippen LogP contribution in [0, 0.1) is 5.82 Å². The molecule has 0 amide bonds. The number of rotatable bonds is 6. The number of nitrogens with two attached hydrogens (primary N) is 1. The molecule has 0 aliphatic rings. The summed E-state index contributed by atoms with van der Waals surface area (Å²) in [5, 5.41) is 3.06. The van der Waals surface area contributed by atoms with E-state index in [1.54, 1.807) is 18.4 Å². The second kappa shape index (κ2) is 8.29. The van der Waals surface area contributed by atoms with Crippen LogP contribution in [0.15, 0.2) is 64.2 Å². The van der Waals surface area contributed by atoms with Gasteiger partial charge in [-0.05, 0) is 48.4 Å². The zero-order chi connectivity index (χ0) is 18.4. The lowest BCUT2D eigenvalue weighted by Crippen LogP contribution is -2.23. The monoisotopic (exact) mass is 352 g/mol. The lowest BCUT2D eigenvalue weighted by atomic mass is 10.1. The van der Waals surface area contributed by atoms with Crippen LogP contribution < -0.4 is 11.1 Å². The summed E-state index contributed by atoms with van der Waals surface area (Å²) in [6.45, 7) is 2.60. The van der Waals surface area contributed by atoms with E-state index in [0.29, 0.717) is 24.8 Å². The number of benzene rings is 2. The van der Waals surface area contributed by atoms with Crippen LogP contribution in [0.25, 0.3) is 11.5 Å². The fourth-order valence-corrected chi connectivity index (χ4v) is 2.45. The first kappa shape index (κ1) is 17.7. The molecule has 3 aromatic rings. The molecule has 0 unspecified atom stereocenters. The molecule has 0 aliphatic heterocycles. The predicted octanol–water partition coefficient (Wildman–Crippen LogP) is 4.01. The molecule has 5 nitrogen and oxygen atoms in total. The van der Waals surface area contributed by atoms with Gasteiger partial charge in [-0.25, -0.2) is 9.37 Å². The summed E-state index contributed by atoms with van der Waals surface area (Å²) in [6, 6.07) is 14.1. The molecule has 0 fully saturated rings. The van der Waals surface area contributed by atoms with E-state index in [1.165, 1.54) is 17.7 Å². The molecule has 0 saturated carbocycles. The van der Waals surface area contributed by atoms with Crippen molar-refractivity contribution in [2.24, 2.45) is 10.7 Å². The molecule has 1 heterocycles. The number of aryl methyl sites for hydroxylation is 1. The maximum atomic E-state index is 13.0. The van der Waals surface area contributed by atoms with Gasteiger partial charge in [0.1, 0.15) is 12.1 Å². The van der Waals surface area contributed by atoms with E-state index in [1.807, 2.05) is 12.1 Å². The van der Waals surface area contributed by atoms with Gasteiger partial charge in [-0.3, -0.25) is 4.99 Å². The highest BCUT2D eigenvalue weighted by atomic mass is 19.1. The quantitative estimate of drug-likeness (QED) is 0.519. The number of hydrogen-bond donors (Lipinski definition) is 2. The summed E-state index contributed by atoms with van der Waals surface area (Å²) >= 11 is 0. The molecule has 3 N–H and O–H groups in total. The second-order valence-electron chi connectivity index (χ2n) is 5.84. The topological polar surface area (TPSA) is 76.4 Å². The first-order valence-corrected chi connectivity index (χ1v) is 8.50. The van der Waals surface area contributed by atoms with E-state index in [-0.39, 0.29) is 5.82 Å². The molecule has 134 valence electrons. The third-order valence-corrected chi connectivity index (χ3v) is 3.93. The Bertz CT molecular complexity index is 870. The van der Waals surface area contributed by atoms with Crippen molar-refractivity contribution in [1.29, 1.82) is 0 Å². The van der Waals surface area contributed by atoms with Gasteiger partial charge in [-0.15, -0.1) is 0 Å². The molecule has 1 aromatic heterocycles. The SMILES string of the molecule is CCc1ccc(NC(N)=NCCc2coc(-c3ccc(F)cc3)n2)cc1. The van der Waals surface area contributed by atoms with Crippen LogP contribution in [-0.2, 0) is 12.8 Å². The molecule has 0 bridgehead atoms. The Labute approximate surface area is 151 Å². The molecule has 6 heteroatoms. The zero-order valence-electron chi connectivity index (χ0n) is 14.6. The molecule has 26 heavy (non-hydrogen) atoms. The number of hydrogen-bond acceptors (Lipinski definition) is 3. The standard InChI is InChI=1S/C20H21FN4O/c1-2-14-3-9-17(10-4-14)25-20(22)23-12-11-18-13-26-19(24-18)15-5-7-16(21)8-6-15/h3-10,13H,2,11-12H2,1H3,(H3,22,23,25). The average Bonchev–Trinajstić information content (AvgIpc) is 3.12. The zero-order valence-corrected chi connectivity index (χ0v) is 14.6. The third kappa shape index (κ3) is 4.69. The number of oxazole rings is 1. The minimum atomic E-state index is -0.290. The van der Waals surface area contributed by atoms with Crippen LogP contribution in [0.4, 0.5) is 10.1 Å². The molecule has 0 saturated heterocycles. The van der Waals surface area contributed by atoms with Gasteiger partial charge in [-0.1, -0.05) is 19.1 Å². The normalized spacial score (nSPS) is 11.5. The van der Waals surface area contributed by atoms with Crippen molar-refractivity contribution >= 4 is 11.6 Å². The molecular weight excluding hydrogens is 331 g/mol. The molecular formula is C20H21FN4O. The van der Waals surface area contributed by atoms with Gasteiger partial charge < -0.3 is 15.5 Å². The summed E-state index contributed by atoms with van der Waals surface area (Å²) < 4.78 is 18.4. The number of guanidine groups is 1. The number of halogens is 1. The second-order valence-corrected chi connectivity index (χ2v) is 5.84. The van der Waals surface area contributed by atoms with Gasteiger partial charge in [0.2, 0.25) is 5.89 Å². The van der Waals surface area contributed by atoms with Crippen molar-refractivity contribution in [2.75, 3.05) is 11.9 Å². The fraction of sp³-hybridized carbons (Fsp3) is 0.200. The summed E-state index contributed by atoms with van der Waals surface area (Å²) in [4.78, 5) is 8.69. The van der Waals surface area contributed by atoms with Gasteiger partial charge in [-0.2, -0.15) is 0 Å². The number of nitrogens with zero attached hydrogens (tertiary/aromatic N) is 2. The van der Waals surface area contributed by atoms with Crippen molar-refractivity contribution in [3.05, 3.63) is 71.9 Å². The van der Waals surface area contributed by atoms with E-state index in [9.17, 15) is 4.39 Å². The minimum Gasteiger partial charge on any atom is -0.444 e. The van der Waals surface area contributed by atoms with Crippen LogP contribution >= 0.6 is 0 Å². The molecule has 0 atom stereocenters. The van der Waals surface area contributed by atoms with Gasteiger partial charge in [0.15, 0.2) is 5.96 Å². The Hall–Kier alpha value is -3.15. The van der Waals surface area contributed by atoms with Crippen LogP contribution in [-0.4, -0.2) is 17.5 Å². The van der Waals surface area contributed by atoms with E-state index in [2.05, 4.69) is 34.3 Å². The number of anilines is 1. The smallest absolute Gasteiger partial charge is 0.226 e. The molecule has 0 radical (unpaired) electrons.